The van der Waals surface area contributed by atoms with Crippen LogP contribution >= 0.6 is 0 Å². The number of benzene rings is 1. The average Bonchev–Trinajstić information content (AvgIpc) is 2.76. The Kier molecular flexibility index (Phi) is 2.83. The maximum absolute atomic E-state index is 11.9. The summed E-state index contributed by atoms with van der Waals surface area (Å²) in [6.45, 7) is 0. The highest BCUT2D eigenvalue weighted by Gasteiger charge is 2.29. The Morgan fingerprint density at radius 1 is 1.40 bits per heavy atom. The van der Waals surface area contributed by atoms with E-state index >= 15 is 0 Å². The Balaban J connectivity index is 2.06. The fourth-order valence-corrected chi connectivity index (χ4v) is 2.49. The van der Waals surface area contributed by atoms with Crippen molar-refractivity contribution < 1.29 is 14.7 Å². The average molecular weight is 274 g/mol. The molecule has 1 aliphatic heterocycles. The van der Waals surface area contributed by atoms with Gasteiger partial charge in [0.15, 0.2) is 5.88 Å². The number of nitrogens with two attached hydrogens (primary N) is 1. The van der Waals surface area contributed by atoms with Gasteiger partial charge in [0.1, 0.15) is 6.04 Å². The van der Waals surface area contributed by atoms with Gasteiger partial charge in [0.25, 0.3) is 0 Å². The molecule has 7 nitrogen and oxygen atoms in total. The number of hydrazine groups is 1. The van der Waals surface area contributed by atoms with Crippen molar-refractivity contribution in [2.75, 3.05) is 5.43 Å². The highest BCUT2D eigenvalue weighted by molar-refractivity contribution is 6.00. The molecule has 2 aromatic rings. The summed E-state index contributed by atoms with van der Waals surface area (Å²) >= 11 is 0. The molecule has 0 bridgehead atoms. The van der Waals surface area contributed by atoms with Gasteiger partial charge in [-0.3, -0.25) is 20.7 Å². The fourth-order valence-electron chi connectivity index (χ4n) is 2.49. The number of aromatic hydroxyl groups is 1. The highest BCUT2D eigenvalue weighted by Crippen LogP contribution is 2.34. The minimum atomic E-state index is -0.575. The molecule has 1 aromatic heterocycles. The second kappa shape index (κ2) is 4.53. The summed E-state index contributed by atoms with van der Waals surface area (Å²) in [5.41, 5.74) is 3.17. The van der Waals surface area contributed by atoms with E-state index in [1.807, 2.05) is 0 Å². The molecule has 1 saturated heterocycles. The number of carbonyl (C=O) groups excluding carboxylic acids is 2. The minimum absolute atomic E-state index is 0.00778. The molecular weight excluding hydrogens is 260 g/mol. The third-order valence-electron chi connectivity index (χ3n) is 3.53. The van der Waals surface area contributed by atoms with E-state index in [0.717, 1.165) is 5.39 Å². The largest absolute Gasteiger partial charge is 0.494 e. The standard InChI is InChI=1S/C13H14N4O3/c14-16-8-2-1-7-6-17(13(20)9(7)5-8)10-3-4-11(18)15-12(10)19/h1-2,5-6,10,16,20H,3-4,14H2,(H,15,18,19). The maximum Gasteiger partial charge on any atom is 0.249 e. The van der Waals surface area contributed by atoms with Crippen LogP contribution in [0.2, 0.25) is 0 Å². The number of rotatable bonds is 2. The van der Waals surface area contributed by atoms with Gasteiger partial charge >= 0.3 is 0 Å². The van der Waals surface area contributed by atoms with Gasteiger partial charge in [0.2, 0.25) is 11.8 Å². The summed E-state index contributed by atoms with van der Waals surface area (Å²) < 4.78 is 1.49. The van der Waals surface area contributed by atoms with E-state index in [1.165, 1.54) is 4.57 Å². The summed E-state index contributed by atoms with van der Waals surface area (Å²) in [7, 11) is 0. The first-order chi connectivity index (χ1) is 9.60. The molecule has 20 heavy (non-hydrogen) atoms. The number of imide groups is 1. The molecule has 1 fully saturated rings. The lowest BCUT2D eigenvalue weighted by Crippen LogP contribution is -2.41. The van der Waals surface area contributed by atoms with E-state index in [1.54, 1.807) is 24.4 Å². The van der Waals surface area contributed by atoms with Crippen LogP contribution in [0.3, 0.4) is 0 Å². The molecule has 0 aliphatic carbocycles. The van der Waals surface area contributed by atoms with Crippen molar-refractivity contribution in [3.8, 4) is 5.88 Å². The molecule has 1 atom stereocenters. The predicted octanol–water partition coefficient (Wildman–Crippen LogP) is 0.610. The van der Waals surface area contributed by atoms with Crippen molar-refractivity contribution in [3.63, 3.8) is 0 Å². The normalized spacial score (nSPS) is 19.1. The number of piperidine rings is 1. The molecule has 3 rings (SSSR count). The van der Waals surface area contributed by atoms with Gasteiger partial charge in [-0.25, -0.2) is 0 Å². The molecule has 2 heterocycles. The molecule has 0 spiro atoms. The molecule has 0 radical (unpaired) electrons. The molecule has 1 aliphatic rings. The first-order valence-corrected chi connectivity index (χ1v) is 6.24. The highest BCUT2D eigenvalue weighted by atomic mass is 16.3. The number of hydrogen-bond donors (Lipinski definition) is 4. The van der Waals surface area contributed by atoms with E-state index in [9.17, 15) is 14.7 Å². The van der Waals surface area contributed by atoms with Crippen LogP contribution in [-0.4, -0.2) is 21.5 Å². The number of fused-ring (bicyclic) bond motifs is 1. The van der Waals surface area contributed by atoms with Crippen LogP contribution in [0.25, 0.3) is 10.8 Å². The third kappa shape index (κ3) is 1.88. The van der Waals surface area contributed by atoms with E-state index in [2.05, 4.69) is 10.7 Å². The van der Waals surface area contributed by atoms with E-state index < -0.39 is 11.9 Å². The van der Waals surface area contributed by atoms with Gasteiger partial charge in [-0.1, -0.05) is 6.07 Å². The number of amides is 2. The topological polar surface area (TPSA) is 109 Å². The second-order valence-corrected chi connectivity index (χ2v) is 4.77. The van der Waals surface area contributed by atoms with Gasteiger partial charge in [0.05, 0.1) is 0 Å². The third-order valence-corrected chi connectivity index (χ3v) is 3.53. The molecule has 2 amide bonds. The van der Waals surface area contributed by atoms with Crippen molar-refractivity contribution in [3.05, 3.63) is 24.4 Å². The lowest BCUT2D eigenvalue weighted by Gasteiger charge is -2.22. The summed E-state index contributed by atoms with van der Waals surface area (Å²) in [5, 5.41) is 14.0. The van der Waals surface area contributed by atoms with Crippen molar-refractivity contribution >= 4 is 28.3 Å². The number of hydrogen-bond acceptors (Lipinski definition) is 5. The number of nitrogens with zero attached hydrogens (tertiary/aromatic N) is 1. The Hall–Kier alpha value is -2.54. The molecule has 1 unspecified atom stereocenters. The molecule has 1 aromatic carbocycles. The van der Waals surface area contributed by atoms with Crippen LogP contribution in [0.1, 0.15) is 18.9 Å². The van der Waals surface area contributed by atoms with E-state index in [4.69, 9.17) is 5.84 Å². The van der Waals surface area contributed by atoms with Crippen LogP contribution in [0, 0.1) is 0 Å². The van der Waals surface area contributed by atoms with Gasteiger partial charge in [-0.2, -0.15) is 0 Å². The first kappa shape index (κ1) is 12.5. The fraction of sp³-hybridized carbons (Fsp3) is 0.231. The quantitative estimate of drug-likeness (QED) is 0.364. The van der Waals surface area contributed by atoms with Crippen LogP contribution in [0.15, 0.2) is 24.4 Å². The molecule has 7 heteroatoms. The Bertz CT molecular complexity index is 707. The van der Waals surface area contributed by atoms with Crippen molar-refractivity contribution in [2.24, 2.45) is 5.84 Å². The molecule has 5 N–H and O–H groups in total. The monoisotopic (exact) mass is 274 g/mol. The number of aromatic nitrogens is 1. The minimum Gasteiger partial charge on any atom is -0.494 e. The summed E-state index contributed by atoms with van der Waals surface area (Å²) in [6.07, 6.45) is 2.34. The summed E-state index contributed by atoms with van der Waals surface area (Å²) in [5.74, 6) is 4.66. The molecule has 0 saturated carbocycles. The lowest BCUT2D eigenvalue weighted by atomic mass is 10.1. The van der Waals surface area contributed by atoms with Crippen LogP contribution in [0.4, 0.5) is 5.69 Å². The Labute approximate surface area is 114 Å². The predicted molar refractivity (Wildman–Crippen MR) is 72.8 cm³/mol. The van der Waals surface area contributed by atoms with Crippen molar-refractivity contribution in [1.82, 2.24) is 9.88 Å². The van der Waals surface area contributed by atoms with Gasteiger partial charge < -0.3 is 15.1 Å². The van der Waals surface area contributed by atoms with Gasteiger partial charge in [-0.05, 0) is 18.6 Å². The van der Waals surface area contributed by atoms with Crippen LogP contribution in [0.5, 0.6) is 5.88 Å². The number of nitrogen functional groups attached to an aromatic ring is 1. The second-order valence-electron chi connectivity index (χ2n) is 4.77. The summed E-state index contributed by atoms with van der Waals surface area (Å²) in [4.78, 5) is 23.0. The SMILES string of the molecule is NNc1ccc2cn(C3CCC(=O)NC3=O)c(O)c2c1. The lowest BCUT2D eigenvalue weighted by molar-refractivity contribution is -0.135. The van der Waals surface area contributed by atoms with Gasteiger partial charge in [0, 0.05) is 29.1 Å². The van der Waals surface area contributed by atoms with Crippen LogP contribution < -0.4 is 16.6 Å². The zero-order valence-corrected chi connectivity index (χ0v) is 10.6. The number of carbonyl (C=O) groups is 2. The molecule has 104 valence electrons. The molecular formula is C13H14N4O3. The maximum atomic E-state index is 11.9. The Morgan fingerprint density at radius 3 is 2.90 bits per heavy atom. The zero-order chi connectivity index (χ0) is 14.3. The van der Waals surface area contributed by atoms with Gasteiger partial charge in [-0.15, -0.1) is 0 Å². The smallest absolute Gasteiger partial charge is 0.249 e. The van der Waals surface area contributed by atoms with Crippen molar-refractivity contribution in [2.45, 2.75) is 18.9 Å². The summed E-state index contributed by atoms with van der Waals surface area (Å²) in [6, 6.07) is 4.70. The first-order valence-electron chi connectivity index (χ1n) is 6.24. The van der Waals surface area contributed by atoms with E-state index in [0.29, 0.717) is 17.5 Å². The zero-order valence-electron chi connectivity index (χ0n) is 10.6. The number of nitrogens with one attached hydrogen (secondary N) is 2. The number of anilines is 1. The van der Waals surface area contributed by atoms with Crippen LogP contribution in [-0.2, 0) is 9.59 Å². The Morgan fingerprint density at radius 2 is 2.20 bits per heavy atom. The van der Waals surface area contributed by atoms with Crippen molar-refractivity contribution in [1.29, 1.82) is 0 Å². The van der Waals surface area contributed by atoms with E-state index in [-0.39, 0.29) is 18.2 Å².